The van der Waals surface area contributed by atoms with Crippen LogP contribution >= 0.6 is 19.1 Å². The number of aryl methyl sites for hydroxylation is 2. The third-order valence-electron chi connectivity index (χ3n) is 12.4. The van der Waals surface area contributed by atoms with E-state index < -0.39 is 39.9 Å². The number of hydrogen-bond donors (Lipinski definition) is 2. The van der Waals surface area contributed by atoms with Gasteiger partial charge in [-0.05, 0) is 92.7 Å². The van der Waals surface area contributed by atoms with Crippen LogP contribution in [0, 0.1) is 6.92 Å². The molecule has 20 heteroatoms. The second kappa shape index (κ2) is 19.4. The molecule has 0 saturated carbocycles. The number of thioether (sulfide) groups is 1. The summed E-state index contributed by atoms with van der Waals surface area (Å²) in [5.74, 6) is 0.479. The van der Waals surface area contributed by atoms with Crippen molar-refractivity contribution in [3.63, 3.8) is 0 Å². The summed E-state index contributed by atoms with van der Waals surface area (Å²) < 4.78 is 66.6. The van der Waals surface area contributed by atoms with E-state index >= 15 is 0 Å². The van der Waals surface area contributed by atoms with E-state index in [1.54, 1.807) is 31.4 Å². The Morgan fingerprint density at radius 1 is 0.873 bits per heavy atom. The maximum atomic E-state index is 14.0. The minimum Gasteiger partial charge on any atom is -0.493 e. The highest BCUT2D eigenvalue weighted by atomic mass is 32.2. The lowest BCUT2D eigenvalue weighted by Crippen LogP contribution is -2.44. The van der Waals surface area contributed by atoms with E-state index in [4.69, 9.17) is 19.0 Å². The van der Waals surface area contributed by atoms with Crippen LogP contribution in [0.25, 0.3) is 0 Å². The number of carbonyl (C=O) groups is 4. The predicted molar refractivity (Wildman–Crippen MR) is 236 cm³/mol. The molecule has 2 N–H and O–H groups in total. The maximum Gasteiger partial charge on any atom is 0.270 e. The van der Waals surface area contributed by atoms with Gasteiger partial charge in [0.15, 0.2) is 11.5 Å². The largest absolute Gasteiger partial charge is 0.493 e. The summed E-state index contributed by atoms with van der Waals surface area (Å²) in [4.78, 5) is 72.1. The number of methoxy groups -OCH3 is 1. The van der Waals surface area contributed by atoms with Crippen molar-refractivity contribution < 1.29 is 60.7 Å². The minimum atomic E-state index is -4.64. The number of nitrogens with zero attached hydrogens (tertiary/aromatic N) is 4. The van der Waals surface area contributed by atoms with Gasteiger partial charge in [0.05, 0.1) is 43.9 Å². The highest BCUT2D eigenvalue weighted by Crippen LogP contribution is 2.42. The number of likely N-dealkylation sites (tertiary alicyclic amines) is 1. The summed E-state index contributed by atoms with van der Waals surface area (Å²) in [7, 11) is -6.68. The van der Waals surface area contributed by atoms with Crippen LogP contribution in [0.15, 0.2) is 41.6 Å². The minimum absolute atomic E-state index is 0.00913. The summed E-state index contributed by atoms with van der Waals surface area (Å²) >= 11 is 1.31. The number of oxime groups is 1. The molecule has 4 amide bonds. The van der Waals surface area contributed by atoms with E-state index in [0.717, 1.165) is 35.3 Å². The normalized spacial score (nSPS) is 23.9. The summed E-state index contributed by atoms with van der Waals surface area (Å²) in [5, 5.41) is 2.38. The Hall–Kier alpha value is -4.42. The average Bonchev–Trinajstić information content (AvgIpc) is 3.87. The third-order valence-corrected chi connectivity index (χ3v) is 16.6. The first-order valence-electron chi connectivity index (χ1n) is 21.2. The second-order valence-electron chi connectivity index (χ2n) is 16.8. The molecule has 0 aromatic heterocycles. The zero-order valence-electron chi connectivity index (χ0n) is 35.8. The van der Waals surface area contributed by atoms with Crippen LogP contribution < -0.4 is 14.2 Å². The molecule has 17 nitrogen and oxygen atoms in total. The number of amides is 4. The molecule has 0 bridgehead atoms. The van der Waals surface area contributed by atoms with Crippen LogP contribution in [0.2, 0.25) is 0 Å². The zero-order valence-corrected chi connectivity index (χ0v) is 38.3. The van der Waals surface area contributed by atoms with Gasteiger partial charge in [0.1, 0.15) is 17.6 Å². The number of benzene rings is 2. The van der Waals surface area contributed by atoms with Crippen molar-refractivity contribution in [1.82, 2.24) is 14.7 Å². The van der Waals surface area contributed by atoms with Crippen LogP contribution in [0.5, 0.6) is 17.2 Å². The fourth-order valence-electron chi connectivity index (χ4n) is 9.14. The van der Waals surface area contributed by atoms with Gasteiger partial charge in [-0.25, -0.2) is 0 Å². The van der Waals surface area contributed by atoms with Gasteiger partial charge in [-0.2, -0.15) is 20.2 Å². The van der Waals surface area contributed by atoms with Crippen molar-refractivity contribution in [3.8, 4) is 17.2 Å². The van der Waals surface area contributed by atoms with Crippen molar-refractivity contribution in [2.24, 2.45) is 5.16 Å². The fourth-order valence-corrected chi connectivity index (χ4v) is 12.3. The van der Waals surface area contributed by atoms with E-state index in [9.17, 15) is 41.6 Å². The summed E-state index contributed by atoms with van der Waals surface area (Å²) in [6.45, 7) is 7.01. The summed E-state index contributed by atoms with van der Waals surface area (Å²) in [6, 6.07) is 6.18. The van der Waals surface area contributed by atoms with E-state index in [1.807, 2.05) is 11.0 Å². The molecule has 2 aromatic rings. The Labute approximate surface area is 371 Å². The fraction of sp³-hybridized carbons (Fsp3) is 0.558. The van der Waals surface area contributed by atoms with Crippen LogP contribution in [0.4, 0.5) is 0 Å². The highest BCUT2D eigenvalue weighted by Gasteiger charge is 2.47. The second-order valence-corrected chi connectivity index (χ2v) is 22.1. The number of ether oxygens (including phenoxy) is 3. The molecule has 3 saturated heterocycles. The quantitative estimate of drug-likeness (QED) is 0.0525. The van der Waals surface area contributed by atoms with Crippen molar-refractivity contribution in [2.75, 3.05) is 65.1 Å². The van der Waals surface area contributed by atoms with Gasteiger partial charge in [0, 0.05) is 61.8 Å². The van der Waals surface area contributed by atoms with Gasteiger partial charge >= 0.3 is 0 Å². The van der Waals surface area contributed by atoms with Gasteiger partial charge in [0.25, 0.3) is 21.9 Å². The lowest BCUT2D eigenvalue weighted by molar-refractivity contribution is -0.138. The Bertz CT molecular complexity index is 2360. The molecule has 0 spiro atoms. The molecule has 2 aromatic carbocycles. The van der Waals surface area contributed by atoms with Gasteiger partial charge in [0.2, 0.25) is 19.2 Å². The van der Waals surface area contributed by atoms with Gasteiger partial charge in [-0.15, -0.1) is 0 Å². The molecule has 7 rings (SSSR count). The van der Waals surface area contributed by atoms with E-state index in [1.165, 1.54) is 23.8 Å². The van der Waals surface area contributed by atoms with Crippen LogP contribution in [0.3, 0.4) is 0 Å². The van der Waals surface area contributed by atoms with Crippen molar-refractivity contribution in [2.45, 2.75) is 87.3 Å². The van der Waals surface area contributed by atoms with E-state index in [0.29, 0.717) is 58.2 Å². The number of fused-ring (bicyclic) bond motifs is 4. The molecular weight excluding hydrogens is 876 g/mol. The standard InChI is InChI=1S/C43H55N4O13PS2/c1-26-16-31-9-8-28-18-37(36(57-3)22-33(28)41(49)46(31)24-26)59-12-6-11-58-35-19-29-20-39(63(54,55)56)34-21-30(25-47(34)42(50)32(29)17-27(35)2)44-60-13-7-15-61(52,53)14-5-10-45-40(48)23-38(62-4)43(45)51/h17-19,22,31,34,38-39H,1,5-16,20-21,23-25H2,2-4H3,(H,52,53)(H,54,55,56)/t31-,34+,38?,39?/m1/s1. The molecule has 3 unspecified atom stereocenters. The smallest absolute Gasteiger partial charge is 0.270 e. The van der Waals surface area contributed by atoms with Crippen LogP contribution in [0.1, 0.15) is 82.4 Å². The number of rotatable bonds is 18. The van der Waals surface area contributed by atoms with Crippen LogP contribution in [-0.4, -0.2) is 150 Å². The van der Waals surface area contributed by atoms with E-state index in [2.05, 4.69) is 11.7 Å². The zero-order chi connectivity index (χ0) is 45.2. The Morgan fingerprint density at radius 2 is 1.57 bits per heavy atom. The lowest BCUT2D eigenvalue weighted by Gasteiger charge is -2.26. The first-order valence-corrected chi connectivity index (χ1v) is 26.0. The maximum absolute atomic E-state index is 14.0. The predicted octanol–water partition coefficient (Wildman–Crippen LogP) is 4.51. The topological polar surface area (TPSA) is 219 Å². The van der Waals surface area contributed by atoms with Crippen molar-refractivity contribution >= 4 is 58.6 Å². The molecule has 5 atom stereocenters. The number of carbonyl (C=O) groups excluding carboxylic acids is 4. The Morgan fingerprint density at radius 3 is 2.29 bits per heavy atom. The molecule has 5 aliphatic rings. The molecular formula is C43H55N4O13PS2. The molecule has 63 heavy (non-hydrogen) atoms. The van der Waals surface area contributed by atoms with Crippen molar-refractivity contribution in [3.05, 3.63) is 64.2 Å². The van der Waals surface area contributed by atoms with Crippen molar-refractivity contribution in [1.29, 1.82) is 0 Å². The molecule has 5 heterocycles. The number of imide groups is 1. The summed E-state index contributed by atoms with van der Waals surface area (Å²) in [6.07, 6.45) is 4.93. The van der Waals surface area contributed by atoms with Gasteiger partial charge in [-0.3, -0.25) is 33.2 Å². The molecule has 342 valence electrons. The SMILES string of the molecule is C=C1C[C@H]2CCc3cc(OCCCOc4cc5c(cc4C)C(=O)N4CC(=NOCCCP(=O)(O)CCCN6C(=O)CC(SC)C6=O)C[C@H]4C(S(=O)(=O)O)C5)c(OC)cc3C(=O)N2C1. The first kappa shape index (κ1) is 46.6. The third kappa shape index (κ3) is 10.4. The Kier molecular flexibility index (Phi) is 14.3. The van der Waals surface area contributed by atoms with E-state index in [-0.39, 0.29) is 101 Å². The number of hydrogen-bond acceptors (Lipinski definition) is 13. The molecule has 0 aliphatic carbocycles. The summed E-state index contributed by atoms with van der Waals surface area (Å²) in [5.41, 5.74) is 4.36. The monoisotopic (exact) mass is 930 g/mol. The van der Waals surface area contributed by atoms with Gasteiger partial charge < -0.3 is 33.7 Å². The Balaban J connectivity index is 0.910. The van der Waals surface area contributed by atoms with Gasteiger partial charge in [-0.1, -0.05) is 17.3 Å². The van der Waals surface area contributed by atoms with Crippen LogP contribution in [-0.2, 0) is 42.0 Å². The first-order chi connectivity index (χ1) is 30.0. The average molecular weight is 931 g/mol. The highest BCUT2D eigenvalue weighted by molar-refractivity contribution is 8.00. The molecule has 5 aliphatic heterocycles. The molecule has 0 radical (unpaired) electrons. The lowest BCUT2D eigenvalue weighted by atomic mass is 9.98. The molecule has 3 fully saturated rings.